The van der Waals surface area contributed by atoms with E-state index in [1.165, 1.54) is 5.57 Å². The maximum absolute atomic E-state index is 5.57. The van der Waals surface area contributed by atoms with E-state index >= 15 is 0 Å². The molecule has 2 N–H and O–H groups in total. The minimum Gasteiger partial charge on any atom is -0.324 e. The lowest BCUT2D eigenvalue weighted by molar-refractivity contribution is 0.859. The van der Waals surface area contributed by atoms with Gasteiger partial charge in [0, 0.05) is 6.04 Å². The molecule has 0 saturated carbocycles. The first-order valence-corrected chi connectivity index (χ1v) is 3.13. The molecule has 1 atom stereocenters. The molecule has 0 rings (SSSR count). The van der Waals surface area contributed by atoms with Gasteiger partial charge in [-0.2, -0.15) is 0 Å². The van der Waals surface area contributed by atoms with Crippen LogP contribution in [0.2, 0.25) is 0 Å². The normalized spacial score (nSPS) is 15.3. The van der Waals surface area contributed by atoms with Gasteiger partial charge in [-0.15, -0.1) is 0 Å². The monoisotopic (exact) mass is 125 g/mol. The average Bonchev–Trinajstić information content (AvgIpc) is 1.63. The van der Waals surface area contributed by atoms with Gasteiger partial charge in [0.2, 0.25) is 0 Å². The molecule has 1 nitrogen and oxygen atoms in total. The molecule has 1 heteroatoms. The van der Waals surface area contributed by atoms with E-state index in [4.69, 9.17) is 5.73 Å². The standard InChI is InChI=1S/C8H15N/c1-6(2)5-7(3)8(4)9/h5,8H,1,9H2,2-4H3/b7-5-. The van der Waals surface area contributed by atoms with Crippen LogP contribution in [0.3, 0.4) is 0 Å². The van der Waals surface area contributed by atoms with E-state index in [2.05, 4.69) is 6.58 Å². The molecule has 0 aromatic rings. The molecule has 0 amide bonds. The Labute approximate surface area is 57.3 Å². The van der Waals surface area contributed by atoms with Crippen LogP contribution in [0.15, 0.2) is 23.8 Å². The SMILES string of the molecule is C=C(C)/C=C(/C)C(C)N. The van der Waals surface area contributed by atoms with Crippen LogP contribution in [0.1, 0.15) is 20.8 Å². The highest BCUT2D eigenvalue weighted by Crippen LogP contribution is 2.01. The van der Waals surface area contributed by atoms with Crippen molar-refractivity contribution in [3.05, 3.63) is 23.8 Å². The summed E-state index contributed by atoms with van der Waals surface area (Å²) in [6.07, 6.45) is 2.00. The lowest BCUT2D eigenvalue weighted by Gasteiger charge is -2.03. The van der Waals surface area contributed by atoms with Gasteiger partial charge in [-0.1, -0.05) is 23.8 Å². The van der Waals surface area contributed by atoms with Gasteiger partial charge in [0.1, 0.15) is 0 Å². The molecule has 0 radical (unpaired) electrons. The molecule has 0 aliphatic rings. The molecule has 0 aromatic heterocycles. The second-order valence-electron chi connectivity index (χ2n) is 2.52. The Morgan fingerprint density at radius 3 is 2.11 bits per heavy atom. The van der Waals surface area contributed by atoms with Crippen molar-refractivity contribution in [2.75, 3.05) is 0 Å². The number of nitrogens with two attached hydrogens (primary N) is 1. The van der Waals surface area contributed by atoms with Crippen molar-refractivity contribution >= 4 is 0 Å². The molecule has 0 aliphatic heterocycles. The lowest BCUT2D eigenvalue weighted by Crippen LogP contribution is -2.15. The molecule has 1 unspecified atom stereocenters. The third-order valence-electron chi connectivity index (χ3n) is 1.19. The van der Waals surface area contributed by atoms with Gasteiger partial charge in [-0.25, -0.2) is 0 Å². The smallest absolute Gasteiger partial charge is 0.0225 e. The summed E-state index contributed by atoms with van der Waals surface area (Å²) in [4.78, 5) is 0. The van der Waals surface area contributed by atoms with E-state index in [9.17, 15) is 0 Å². The topological polar surface area (TPSA) is 26.0 Å². The highest BCUT2D eigenvalue weighted by Gasteiger charge is 1.93. The van der Waals surface area contributed by atoms with E-state index in [1.54, 1.807) is 0 Å². The summed E-state index contributed by atoms with van der Waals surface area (Å²) in [6.45, 7) is 9.69. The van der Waals surface area contributed by atoms with Crippen LogP contribution in [-0.2, 0) is 0 Å². The molecule has 0 heterocycles. The van der Waals surface area contributed by atoms with Gasteiger partial charge < -0.3 is 5.73 Å². The Balaban J connectivity index is 4.00. The number of hydrogen-bond acceptors (Lipinski definition) is 1. The summed E-state index contributed by atoms with van der Waals surface area (Å²) in [5.74, 6) is 0. The predicted molar refractivity (Wildman–Crippen MR) is 42.2 cm³/mol. The fraction of sp³-hybridized carbons (Fsp3) is 0.500. The van der Waals surface area contributed by atoms with E-state index in [-0.39, 0.29) is 6.04 Å². The van der Waals surface area contributed by atoms with Crippen LogP contribution in [0, 0.1) is 0 Å². The van der Waals surface area contributed by atoms with Crippen molar-refractivity contribution < 1.29 is 0 Å². The summed E-state index contributed by atoms with van der Waals surface area (Å²) >= 11 is 0. The van der Waals surface area contributed by atoms with E-state index in [0.717, 1.165) is 5.57 Å². The zero-order chi connectivity index (χ0) is 7.44. The first-order valence-electron chi connectivity index (χ1n) is 3.13. The van der Waals surface area contributed by atoms with Crippen LogP contribution in [0.5, 0.6) is 0 Å². The zero-order valence-corrected chi connectivity index (χ0v) is 6.44. The Bertz CT molecular complexity index is 132. The summed E-state index contributed by atoms with van der Waals surface area (Å²) in [6, 6.07) is 0.154. The molecule has 0 aliphatic carbocycles. The van der Waals surface area contributed by atoms with Gasteiger partial charge >= 0.3 is 0 Å². The van der Waals surface area contributed by atoms with E-state index < -0.39 is 0 Å². The first kappa shape index (κ1) is 8.44. The van der Waals surface area contributed by atoms with Crippen molar-refractivity contribution in [2.24, 2.45) is 5.73 Å². The average molecular weight is 125 g/mol. The Hall–Kier alpha value is -0.560. The fourth-order valence-electron chi connectivity index (χ4n) is 0.520. The molecular weight excluding hydrogens is 110 g/mol. The number of rotatable bonds is 2. The van der Waals surface area contributed by atoms with Crippen LogP contribution in [0.4, 0.5) is 0 Å². The highest BCUT2D eigenvalue weighted by molar-refractivity contribution is 5.19. The second kappa shape index (κ2) is 3.46. The Kier molecular flexibility index (Phi) is 3.25. The zero-order valence-electron chi connectivity index (χ0n) is 6.44. The third kappa shape index (κ3) is 3.98. The second-order valence-corrected chi connectivity index (χ2v) is 2.52. The van der Waals surface area contributed by atoms with E-state index in [1.807, 2.05) is 26.8 Å². The molecule has 0 spiro atoms. The maximum atomic E-state index is 5.57. The van der Waals surface area contributed by atoms with Gasteiger partial charge in [-0.05, 0) is 20.8 Å². The van der Waals surface area contributed by atoms with Crippen molar-refractivity contribution in [1.82, 2.24) is 0 Å². The minimum absolute atomic E-state index is 0.154. The van der Waals surface area contributed by atoms with Crippen LogP contribution >= 0.6 is 0 Å². The number of allylic oxidation sites excluding steroid dienone is 2. The van der Waals surface area contributed by atoms with Gasteiger partial charge in [0.25, 0.3) is 0 Å². The molecule has 52 valence electrons. The third-order valence-corrected chi connectivity index (χ3v) is 1.19. The Morgan fingerprint density at radius 2 is 2.00 bits per heavy atom. The molecule has 0 fully saturated rings. The highest BCUT2D eigenvalue weighted by atomic mass is 14.6. The fourth-order valence-corrected chi connectivity index (χ4v) is 0.520. The summed E-state index contributed by atoms with van der Waals surface area (Å²) in [5, 5.41) is 0. The summed E-state index contributed by atoms with van der Waals surface area (Å²) in [5.41, 5.74) is 7.82. The largest absolute Gasteiger partial charge is 0.324 e. The van der Waals surface area contributed by atoms with Crippen LogP contribution < -0.4 is 5.73 Å². The van der Waals surface area contributed by atoms with E-state index in [0.29, 0.717) is 0 Å². The summed E-state index contributed by atoms with van der Waals surface area (Å²) < 4.78 is 0. The first-order chi connectivity index (χ1) is 4.04. The van der Waals surface area contributed by atoms with Gasteiger partial charge in [-0.3, -0.25) is 0 Å². The van der Waals surface area contributed by atoms with Crippen LogP contribution in [-0.4, -0.2) is 6.04 Å². The quantitative estimate of drug-likeness (QED) is 0.560. The predicted octanol–water partition coefficient (Wildman–Crippen LogP) is 1.86. The Morgan fingerprint density at radius 1 is 1.56 bits per heavy atom. The van der Waals surface area contributed by atoms with Crippen molar-refractivity contribution in [2.45, 2.75) is 26.8 Å². The lowest BCUT2D eigenvalue weighted by atomic mass is 10.1. The molecule has 9 heavy (non-hydrogen) atoms. The van der Waals surface area contributed by atoms with Gasteiger partial charge in [0.15, 0.2) is 0 Å². The van der Waals surface area contributed by atoms with Crippen molar-refractivity contribution in [1.29, 1.82) is 0 Å². The molecule has 0 aromatic carbocycles. The summed E-state index contributed by atoms with van der Waals surface area (Å²) in [7, 11) is 0. The van der Waals surface area contributed by atoms with Crippen LogP contribution in [0.25, 0.3) is 0 Å². The molecular formula is C8H15N. The molecule has 0 saturated heterocycles. The maximum Gasteiger partial charge on any atom is 0.0225 e. The van der Waals surface area contributed by atoms with Crippen molar-refractivity contribution in [3.8, 4) is 0 Å². The minimum atomic E-state index is 0.154. The van der Waals surface area contributed by atoms with Crippen molar-refractivity contribution in [3.63, 3.8) is 0 Å². The number of hydrogen-bond donors (Lipinski definition) is 1. The van der Waals surface area contributed by atoms with Gasteiger partial charge in [0.05, 0.1) is 0 Å². The molecule has 0 bridgehead atoms.